The molecule has 3 nitrogen and oxygen atoms in total. The third-order valence-electron chi connectivity index (χ3n) is 5.43. The van der Waals surface area contributed by atoms with Crippen LogP contribution in [-0.4, -0.2) is 41.9 Å². The second-order valence-corrected chi connectivity index (χ2v) is 7.49. The Morgan fingerprint density at radius 2 is 1.45 bits per heavy atom. The van der Waals surface area contributed by atoms with Gasteiger partial charge in [-0.25, -0.2) is 4.39 Å². The predicted octanol–water partition coefficient (Wildman–Crippen LogP) is 4.84. The summed E-state index contributed by atoms with van der Waals surface area (Å²) in [5.41, 5.74) is 4.10. The lowest BCUT2D eigenvalue weighted by atomic mass is 10.0. The molecule has 0 radical (unpaired) electrons. The van der Waals surface area contributed by atoms with Gasteiger partial charge in [0.1, 0.15) is 5.82 Å². The molecule has 1 fully saturated rings. The van der Waals surface area contributed by atoms with E-state index in [9.17, 15) is 9.18 Å². The van der Waals surface area contributed by atoms with Gasteiger partial charge in [0.2, 0.25) is 0 Å². The molecule has 29 heavy (non-hydrogen) atoms. The number of nitrogens with zero attached hydrogens (tertiary/aromatic N) is 2. The average Bonchev–Trinajstić information content (AvgIpc) is 3.01. The Balaban J connectivity index is 1.37. The smallest absolute Gasteiger partial charge is 0.253 e. The molecule has 0 saturated carbocycles. The van der Waals surface area contributed by atoms with Crippen LogP contribution in [0.15, 0.2) is 78.9 Å². The van der Waals surface area contributed by atoms with Crippen LogP contribution in [0.5, 0.6) is 0 Å². The Labute approximate surface area is 171 Å². The maximum absolute atomic E-state index is 13.1. The van der Waals surface area contributed by atoms with E-state index >= 15 is 0 Å². The van der Waals surface area contributed by atoms with Gasteiger partial charge in [-0.3, -0.25) is 9.69 Å². The number of rotatable bonds is 4. The lowest BCUT2D eigenvalue weighted by Gasteiger charge is -2.22. The van der Waals surface area contributed by atoms with Crippen molar-refractivity contribution in [3.8, 4) is 11.1 Å². The summed E-state index contributed by atoms with van der Waals surface area (Å²) < 4.78 is 13.1. The first-order valence-corrected chi connectivity index (χ1v) is 10.1. The number of carbonyl (C=O) groups excluding carboxylic acids is 1. The van der Waals surface area contributed by atoms with Crippen LogP contribution >= 0.6 is 0 Å². The molecule has 4 heteroatoms. The zero-order valence-electron chi connectivity index (χ0n) is 16.4. The van der Waals surface area contributed by atoms with Crippen LogP contribution in [-0.2, 0) is 6.54 Å². The molecule has 1 aliphatic rings. The van der Waals surface area contributed by atoms with Gasteiger partial charge in [0.15, 0.2) is 0 Å². The van der Waals surface area contributed by atoms with E-state index in [2.05, 4.69) is 17.0 Å². The fourth-order valence-corrected chi connectivity index (χ4v) is 3.80. The first kappa shape index (κ1) is 19.3. The monoisotopic (exact) mass is 388 g/mol. The average molecular weight is 388 g/mol. The minimum atomic E-state index is -0.209. The van der Waals surface area contributed by atoms with Crippen molar-refractivity contribution in [1.29, 1.82) is 0 Å². The fourth-order valence-electron chi connectivity index (χ4n) is 3.80. The summed E-state index contributed by atoms with van der Waals surface area (Å²) in [5.74, 6) is -0.118. The Kier molecular flexibility index (Phi) is 6.01. The molecule has 0 aromatic heterocycles. The Hall–Kier alpha value is -2.98. The second-order valence-electron chi connectivity index (χ2n) is 7.49. The zero-order valence-corrected chi connectivity index (χ0v) is 16.4. The van der Waals surface area contributed by atoms with E-state index in [1.165, 1.54) is 12.1 Å². The third-order valence-corrected chi connectivity index (χ3v) is 5.43. The highest BCUT2D eigenvalue weighted by Crippen LogP contribution is 2.20. The van der Waals surface area contributed by atoms with Gasteiger partial charge in [-0.2, -0.15) is 0 Å². The molecular formula is C25H25FN2O. The molecule has 3 aromatic carbocycles. The standard InChI is InChI=1S/C25H25FN2O/c26-24-13-7-20(8-14-24)19-27-15-4-16-28(18-17-27)25(29)23-11-9-22(10-12-23)21-5-2-1-3-6-21/h1-3,5-14H,4,15-19H2. The maximum Gasteiger partial charge on any atom is 0.253 e. The molecule has 1 aliphatic heterocycles. The van der Waals surface area contributed by atoms with Gasteiger partial charge < -0.3 is 4.90 Å². The highest BCUT2D eigenvalue weighted by molar-refractivity contribution is 5.94. The molecule has 0 N–H and O–H groups in total. The normalized spacial score (nSPS) is 15.1. The van der Waals surface area contributed by atoms with Crippen molar-refractivity contribution < 1.29 is 9.18 Å². The highest BCUT2D eigenvalue weighted by Gasteiger charge is 2.20. The van der Waals surface area contributed by atoms with Crippen molar-refractivity contribution in [2.24, 2.45) is 0 Å². The first-order chi connectivity index (χ1) is 14.2. The molecule has 3 aromatic rings. The second kappa shape index (κ2) is 9.01. The van der Waals surface area contributed by atoms with Gasteiger partial charge in [-0.05, 0) is 47.4 Å². The molecule has 1 saturated heterocycles. The van der Waals surface area contributed by atoms with E-state index in [-0.39, 0.29) is 11.7 Å². The molecular weight excluding hydrogens is 363 g/mol. The Bertz CT molecular complexity index is 939. The summed E-state index contributed by atoms with van der Waals surface area (Å²) in [6.45, 7) is 4.02. The summed E-state index contributed by atoms with van der Waals surface area (Å²) in [6, 6.07) is 24.7. The van der Waals surface area contributed by atoms with Crippen LogP contribution in [0.2, 0.25) is 0 Å². The van der Waals surface area contributed by atoms with Gasteiger partial charge in [0.05, 0.1) is 0 Å². The van der Waals surface area contributed by atoms with Crippen molar-refractivity contribution >= 4 is 5.91 Å². The summed E-state index contributed by atoms with van der Waals surface area (Å²) in [7, 11) is 0. The van der Waals surface area contributed by atoms with Gasteiger partial charge in [-0.15, -0.1) is 0 Å². The lowest BCUT2D eigenvalue weighted by molar-refractivity contribution is 0.0761. The third kappa shape index (κ3) is 4.90. The van der Waals surface area contributed by atoms with E-state index in [0.717, 1.165) is 54.9 Å². The quantitative estimate of drug-likeness (QED) is 0.638. The van der Waals surface area contributed by atoms with Crippen LogP contribution in [0, 0.1) is 5.82 Å². The lowest BCUT2D eigenvalue weighted by Crippen LogP contribution is -2.35. The van der Waals surface area contributed by atoms with Crippen molar-refractivity contribution in [1.82, 2.24) is 9.80 Å². The van der Waals surface area contributed by atoms with Gasteiger partial charge in [0.25, 0.3) is 5.91 Å². The van der Waals surface area contributed by atoms with Crippen LogP contribution in [0.25, 0.3) is 11.1 Å². The number of carbonyl (C=O) groups is 1. The molecule has 1 heterocycles. The van der Waals surface area contributed by atoms with E-state index in [0.29, 0.717) is 6.54 Å². The summed E-state index contributed by atoms with van der Waals surface area (Å²) >= 11 is 0. The summed E-state index contributed by atoms with van der Waals surface area (Å²) in [5, 5.41) is 0. The van der Waals surface area contributed by atoms with E-state index in [4.69, 9.17) is 0 Å². The van der Waals surface area contributed by atoms with E-state index in [1.807, 2.05) is 59.5 Å². The topological polar surface area (TPSA) is 23.6 Å². The number of halogens is 1. The molecule has 0 aliphatic carbocycles. The number of hydrogen-bond donors (Lipinski definition) is 0. The Morgan fingerprint density at radius 3 is 2.17 bits per heavy atom. The van der Waals surface area contributed by atoms with E-state index in [1.54, 1.807) is 0 Å². The van der Waals surface area contributed by atoms with Gasteiger partial charge in [0, 0.05) is 38.3 Å². The predicted molar refractivity (Wildman–Crippen MR) is 114 cm³/mol. The summed E-state index contributed by atoms with van der Waals surface area (Å²) in [6.07, 6.45) is 0.940. The number of hydrogen-bond acceptors (Lipinski definition) is 2. The van der Waals surface area contributed by atoms with Crippen molar-refractivity contribution in [2.75, 3.05) is 26.2 Å². The van der Waals surface area contributed by atoms with E-state index < -0.39 is 0 Å². The molecule has 0 spiro atoms. The highest BCUT2D eigenvalue weighted by atomic mass is 19.1. The van der Waals surface area contributed by atoms with Crippen LogP contribution < -0.4 is 0 Å². The molecule has 4 rings (SSSR count). The van der Waals surface area contributed by atoms with Crippen LogP contribution in [0.1, 0.15) is 22.3 Å². The summed E-state index contributed by atoms with van der Waals surface area (Å²) in [4.78, 5) is 17.2. The van der Waals surface area contributed by atoms with Crippen molar-refractivity contribution in [3.05, 3.63) is 95.8 Å². The minimum Gasteiger partial charge on any atom is -0.337 e. The SMILES string of the molecule is O=C(c1ccc(-c2ccccc2)cc1)N1CCCN(Cc2ccc(F)cc2)CC1. The Morgan fingerprint density at radius 1 is 0.759 bits per heavy atom. The first-order valence-electron chi connectivity index (χ1n) is 10.1. The molecule has 0 unspecified atom stereocenters. The maximum atomic E-state index is 13.1. The molecule has 0 atom stereocenters. The van der Waals surface area contributed by atoms with Gasteiger partial charge in [-0.1, -0.05) is 54.6 Å². The van der Waals surface area contributed by atoms with Crippen LogP contribution in [0.3, 0.4) is 0 Å². The van der Waals surface area contributed by atoms with Gasteiger partial charge >= 0.3 is 0 Å². The number of amides is 1. The molecule has 1 amide bonds. The minimum absolute atomic E-state index is 0.0910. The zero-order chi connectivity index (χ0) is 20.1. The largest absolute Gasteiger partial charge is 0.337 e. The molecule has 0 bridgehead atoms. The number of benzene rings is 3. The molecule has 148 valence electrons. The van der Waals surface area contributed by atoms with Crippen molar-refractivity contribution in [3.63, 3.8) is 0 Å². The fraction of sp³-hybridized carbons (Fsp3) is 0.240. The van der Waals surface area contributed by atoms with Crippen molar-refractivity contribution in [2.45, 2.75) is 13.0 Å². The van der Waals surface area contributed by atoms with Crippen LogP contribution in [0.4, 0.5) is 4.39 Å².